The summed E-state index contributed by atoms with van der Waals surface area (Å²) in [5, 5.41) is 5.19. The number of hydrogen-bond acceptors (Lipinski definition) is 2. The van der Waals surface area contributed by atoms with Gasteiger partial charge in [0.25, 0.3) is 0 Å². The molecule has 1 amide bonds. The third kappa shape index (κ3) is 3.77. The van der Waals surface area contributed by atoms with Crippen molar-refractivity contribution < 1.29 is 9.53 Å². The number of carbonyl (C=O) groups is 1. The van der Waals surface area contributed by atoms with E-state index in [1.54, 1.807) is 7.11 Å². The summed E-state index contributed by atoms with van der Waals surface area (Å²) < 4.78 is 6.50. The summed E-state index contributed by atoms with van der Waals surface area (Å²) in [6.07, 6.45) is 0.374. The minimum absolute atomic E-state index is 0.00244. The molecule has 4 heteroatoms. The average Bonchev–Trinajstić information content (AvgIpc) is 2.60. The molecule has 0 saturated heterocycles. The van der Waals surface area contributed by atoms with Crippen molar-refractivity contribution in [2.75, 3.05) is 7.11 Å². The van der Waals surface area contributed by atoms with E-state index in [-0.39, 0.29) is 5.91 Å². The van der Waals surface area contributed by atoms with Gasteiger partial charge in [0.15, 0.2) is 0 Å². The van der Waals surface area contributed by atoms with Crippen LogP contribution in [0.2, 0.25) is 0 Å². The molecular weight excluding hydrogens is 366 g/mol. The maximum absolute atomic E-state index is 12.2. The van der Waals surface area contributed by atoms with Crippen LogP contribution in [0.25, 0.3) is 10.8 Å². The summed E-state index contributed by atoms with van der Waals surface area (Å²) in [6.45, 7) is 0.438. The second-order valence-electron chi connectivity index (χ2n) is 5.55. The van der Waals surface area contributed by atoms with Crippen molar-refractivity contribution >= 4 is 32.6 Å². The molecule has 0 heterocycles. The molecule has 0 radical (unpaired) electrons. The van der Waals surface area contributed by atoms with Gasteiger partial charge in [0.05, 0.1) is 13.5 Å². The van der Waals surface area contributed by atoms with E-state index in [9.17, 15) is 4.79 Å². The minimum atomic E-state index is -0.00244. The summed E-state index contributed by atoms with van der Waals surface area (Å²) in [6, 6.07) is 19.8. The topological polar surface area (TPSA) is 38.3 Å². The van der Waals surface area contributed by atoms with Crippen LogP contribution >= 0.6 is 15.9 Å². The molecule has 3 nitrogen and oxygen atoms in total. The van der Waals surface area contributed by atoms with Crippen LogP contribution in [0.4, 0.5) is 0 Å². The summed E-state index contributed by atoms with van der Waals surface area (Å²) in [5.41, 5.74) is 1.99. The third-order valence-corrected chi connectivity index (χ3v) is 4.43. The van der Waals surface area contributed by atoms with Crippen molar-refractivity contribution in [2.45, 2.75) is 13.0 Å². The highest BCUT2D eigenvalue weighted by Gasteiger charge is 2.10. The first-order valence-corrected chi connectivity index (χ1v) is 8.52. The van der Waals surface area contributed by atoms with Crippen LogP contribution in [0.1, 0.15) is 11.1 Å². The molecule has 3 aromatic carbocycles. The van der Waals surface area contributed by atoms with Gasteiger partial charge in [-0.1, -0.05) is 58.4 Å². The molecule has 3 aromatic rings. The Morgan fingerprint density at radius 1 is 1.08 bits per heavy atom. The zero-order chi connectivity index (χ0) is 16.9. The van der Waals surface area contributed by atoms with Crippen molar-refractivity contribution in [2.24, 2.45) is 0 Å². The number of carbonyl (C=O) groups excluding carboxylic acids is 1. The molecule has 0 aromatic heterocycles. The molecule has 0 fully saturated rings. The Morgan fingerprint density at radius 3 is 2.62 bits per heavy atom. The van der Waals surface area contributed by atoms with Gasteiger partial charge in [-0.3, -0.25) is 4.79 Å². The Bertz CT molecular complexity index is 862. The van der Waals surface area contributed by atoms with Crippen LogP contribution in [0.3, 0.4) is 0 Å². The zero-order valence-electron chi connectivity index (χ0n) is 13.4. The lowest BCUT2D eigenvalue weighted by Gasteiger charge is -2.13. The quantitative estimate of drug-likeness (QED) is 0.705. The fourth-order valence-corrected chi connectivity index (χ4v) is 3.13. The first-order valence-electron chi connectivity index (χ1n) is 7.73. The number of fused-ring (bicyclic) bond motifs is 1. The Kier molecular flexibility index (Phi) is 5.16. The Balaban J connectivity index is 1.80. The highest BCUT2D eigenvalue weighted by atomic mass is 79.9. The van der Waals surface area contributed by atoms with Crippen molar-refractivity contribution in [1.82, 2.24) is 5.32 Å². The van der Waals surface area contributed by atoms with Gasteiger partial charge in [-0.15, -0.1) is 0 Å². The largest absolute Gasteiger partial charge is 0.496 e. The smallest absolute Gasteiger partial charge is 0.224 e. The van der Waals surface area contributed by atoms with Gasteiger partial charge in [-0.25, -0.2) is 0 Å². The van der Waals surface area contributed by atoms with Gasteiger partial charge >= 0.3 is 0 Å². The summed E-state index contributed by atoms with van der Waals surface area (Å²) in [7, 11) is 1.65. The normalized spacial score (nSPS) is 10.6. The van der Waals surface area contributed by atoms with Crippen molar-refractivity contribution in [3.05, 3.63) is 76.3 Å². The highest BCUT2D eigenvalue weighted by molar-refractivity contribution is 9.10. The number of rotatable bonds is 5. The van der Waals surface area contributed by atoms with E-state index in [2.05, 4.69) is 27.3 Å². The second kappa shape index (κ2) is 7.49. The first kappa shape index (κ1) is 16.5. The standard InChI is InChI=1S/C20H18BrNO2/c1-24-19-10-7-15-12-16(21)8-9-17(15)18(19)13-22-20(23)11-14-5-3-2-4-6-14/h2-10,12H,11,13H2,1H3,(H,22,23). The SMILES string of the molecule is COc1ccc2cc(Br)ccc2c1CNC(=O)Cc1ccccc1. The highest BCUT2D eigenvalue weighted by Crippen LogP contribution is 2.29. The predicted octanol–water partition coefficient (Wildman–Crippen LogP) is 4.47. The van der Waals surface area contributed by atoms with Crippen LogP contribution in [-0.2, 0) is 17.8 Å². The Hall–Kier alpha value is -2.33. The summed E-state index contributed by atoms with van der Waals surface area (Å²) >= 11 is 3.49. The van der Waals surface area contributed by atoms with Crippen LogP contribution in [0, 0.1) is 0 Å². The molecule has 24 heavy (non-hydrogen) atoms. The van der Waals surface area contributed by atoms with Crippen molar-refractivity contribution in [3.63, 3.8) is 0 Å². The van der Waals surface area contributed by atoms with E-state index in [1.165, 1.54) is 0 Å². The predicted molar refractivity (Wildman–Crippen MR) is 100 cm³/mol. The van der Waals surface area contributed by atoms with E-state index >= 15 is 0 Å². The molecule has 0 aliphatic heterocycles. The third-order valence-electron chi connectivity index (χ3n) is 3.94. The van der Waals surface area contributed by atoms with Gasteiger partial charge in [0.2, 0.25) is 5.91 Å². The molecular formula is C20H18BrNO2. The Labute approximate surface area is 149 Å². The number of halogens is 1. The molecule has 0 saturated carbocycles. The van der Waals surface area contributed by atoms with Crippen LogP contribution in [0.5, 0.6) is 5.75 Å². The minimum Gasteiger partial charge on any atom is -0.496 e. The number of benzene rings is 3. The molecule has 0 unspecified atom stereocenters. The van der Waals surface area contributed by atoms with Crippen LogP contribution in [0.15, 0.2) is 65.1 Å². The van der Waals surface area contributed by atoms with Crippen LogP contribution < -0.4 is 10.1 Å². The van der Waals surface area contributed by atoms with E-state index in [1.807, 2.05) is 54.6 Å². The van der Waals surface area contributed by atoms with Gasteiger partial charge in [-0.2, -0.15) is 0 Å². The van der Waals surface area contributed by atoms with Crippen molar-refractivity contribution in [1.29, 1.82) is 0 Å². The molecule has 0 bridgehead atoms. The summed E-state index contributed by atoms with van der Waals surface area (Å²) in [4.78, 5) is 12.2. The number of ether oxygens (including phenoxy) is 1. The van der Waals surface area contributed by atoms with Gasteiger partial charge in [-0.05, 0) is 34.5 Å². The molecule has 0 spiro atoms. The molecule has 122 valence electrons. The number of methoxy groups -OCH3 is 1. The van der Waals surface area contributed by atoms with Crippen molar-refractivity contribution in [3.8, 4) is 5.75 Å². The number of amides is 1. The second-order valence-corrected chi connectivity index (χ2v) is 6.47. The monoisotopic (exact) mass is 383 g/mol. The van der Waals surface area contributed by atoms with Gasteiger partial charge in [0, 0.05) is 16.6 Å². The number of hydrogen-bond donors (Lipinski definition) is 1. The maximum atomic E-state index is 12.2. The average molecular weight is 384 g/mol. The lowest BCUT2D eigenvalue weighted by Crippen LogP contribution is -2.24. The van der Waals surface area contributed by atoms with Gasteiger partial charge < -0.3 is 10.1 Å². The fourth-order valence-electron chi connectivity index (χ4n) is 2.75. The van der Waals surface area contributed by atoms with E-state index in [0.29, 0.717) is 13.0 Å². The van der Waals surface area contributed by atoms with Gasteiger partial charge in [0.1, 0.15) is 5.75 Å². The van der Waals surface area contributed by atoms with Crippen LogP contribution in [-0.4, -0.2) is 13.0 Å². The molecule has 1 N–H and O–H groups in total. The molecule has 0 aliphatic rings. The lowest BCUT2D eigenvalue weighted by atomic mass is 10.0. The molecule has 0 aliphatic carbocycles. The molecule has 0 atom stereocenters. The fraction of sp³-hybridized carbons (Fsp3) is 0.150. The van der Waals surface area contributed by atoms with E-state index in [4.69, 9.17) is 4.74 Å². The lowest BCUT2D eigenvalue weighted by molar-refractivity contribution is -0.120. The number of nitrogens with one attached hydrogen (secondary N) is 1. The van der Waals surface area contributed by atoms with E-state index in [0.717, 1.165) is 32.1 Å². The Morgan fingerprint density at radius 2 is 1.88 bits per heavy atom. The maximum Gasteiger partial charge on any atom is 0.224 e. The zero-order valence-corrected chi connectivity index (χ0v) is 15.0. The first-order chi connectivity index (χ1) is 11.7. The van der Waals surface area contributed by atoms with E-state index < -0.39 is 0 Å². The summed E-state index contributed by atoms with van der Waals surface area (Å²) in [5.74, 6) is 0.780. The molecule has 3 rings (SSSR count).